The molecular weight excluding hydrogens is 639 g/mol. The Hall–Kier alpha value is -2.75. The number of hydrogen-bond donors (Lipinski definition) is 2. The molecule has 7 nitrogen and oxygen atoms in total. The number of rotatable bonds is 11. The minimum atomic E-state index is -0.151. The van der Waals surface area contributed by atoms with Gasteiger partial charge in [-0.2, -0.15) is 0 Å². The van der Waals surface area contributed by atoms with E-state index in [9.17, 15) is 10.2 Å². The SMILES string of the molecule is CC(C)(c1ccc(O)cc1)c1ccc(O)cc1.CC(C)(c1ccc(OCC2CO2)cc1)c1ccc(OCC2CO2)cc1.ClCC1CO1.[H-].[Na+]. The van der Waals surface area contributed by atoms with Crippen LogP contribution in [-0.2, 0) is 25.0 Å². The van der Waals surface area contributed by atoms with Crippen LogP contribution in [-0.4, -0.2) is 67.4 Å². The number of aromatic hydroxyl groups is 2. The topological polar surface area (TPSA) is 96.5 Å². The molecule has 0 radical (unpaired) electrons. The van der Waals surface area contributed by atoms with Gasteiger partial charge in [-0.25, -0.2) is 0 Å². The molecule has 3 saturated heterocycles. The summed E-state index contributed by atoms with van der Waals surface area (Å²) in [7, 11) is 0. The Morgan fingerprint density at radius 2 is 0.833 bits per heavy atom. The molecule has 3 atom stereocenters. The summed E-state index contributed by atoms with van der Waals surface area (Å²) in [4.78, 5) is 0. The van der Waals surface area contributed by atoms with E-state index >= 15 is 0 Å². The number of ether oxygens (including phenoxy) is 5. The molecule has 252 valence electrons. The fourth-order valence-electron chi connectivity index (χ4n) is 4.89. The maximum absolute atomic E-state index is 9.30. The smallest absolute Gasteiger partial charge is 1.00 e. The van der Waals surface area contributed by atoms with Gasteiger partial charge in [0, 0.05) is 10.8 Å². The molecule has 4 aromatic carbocycles. The molecule has 0 aromatic heterocycles. The second kappa shape index (κ2) is 17.3. The number of epoxide rings is 3. The Balaban J connectivity index is 0.000000235. The van der Waals surface area contributed by atoms with Gasteiger partial charge in [-0.3, -0.25) is 0 Å². The zero-order valence-corrected chi connectivity index (χ0v) is 31.3. The quantitative estimate of drug-likeness (QED) is 0.134. The van der Waals surface area contributed by atoms with Crippen molar-refractivity contribution in [2.45, 2.75) is 56.8 Å². The average Bonchev–Trinajstić information content (AvgIpc) is 3.93. The predicted octanol–water partition coefficient (Wildman–Crippen LogP) is 4.73. The van der Waals surface area contributed by atoms with Gasteiger partial charge in [0.05, 0.1) is 31.8 Å². The molecular formula is C39H46ClNaO7. The molecule has 3 fully saturated rings. The van der Waals surface area contributed by atoms with Crippen molar-refractivity contribution in [3.8, 4) is 23.0 Å². The standard InChI is InChI=1S/C21H24O4.C15H16O2.C3H5ClO.Na.H/c1-21(2,15-3-7-17(8-4-15)22-11-19-13-24-19)16-5-9-18(10-6-16)23-12-20-14-25-20;1-15(2,11-3-7-13(16)8-4-11)12-5-9-14(17)10-6-12;4-1-3-2-5-3;;/h3-10,19-20H,11-14H2,1-2H3;3-10,16-17H,1-2H3;3H,1-2H2;;/q;;;+1;-1. The van der Waals surface area contributed by atoms with E-state index in [0.29, 0.717) is 25.2 Å². The minimum Gasteiger partial charge on any atom is -1.00 e. The normalized spacial score (nSPS) is 18.9. The third kappa shape index (κ3) is 11.4. The maximum Gasteiger partial charge on any atom is 1.00 e. The molecule has 2 N–H and O–H groups in total. The summed E-state index contributed by atoms with van der Waals surface area (Å²) in [5, 5.41) is 18.6. The number of phenols is 2. The molecule has 7 rings (SSSR count). The number of benzene rings is 4. The van der Waals surface area contributed by atoms with Gasteiger partial charge >= 0.3 is 29.6 Å². The Labute approximate surface area is 312 Å². The molecule has 0 spiro atoms. The van der Waals surface area contributed by atoms with E-state index in [1.807, 2.05) is 48.5 Å². The van der Waals surface area contributed by atoms with Crippen LogP contribution in [0.4, 0.5) is 0 Å². The van der Waals surface area contributed by atoms with Gasteiger partial charge in [0.1, 0.15) is 48.4 Å². The fraction of sp³-hybridized carbons (Fsp3) is 0.385. The van der Waals surface area contributed by atoms with Gasteiger partial charge < -0.3 is 35.3 Å². The molecule has 0 bridgehead atoms. The summed E-state index contributed by atoms with van der Waals surface area (Å²) in [6.45, 7) is 12.5. The molecule has 3 aliphatic rings. The van der Waals surface area contributed by atoms with Crippen molar-refractivity contribution in [1.29, 1.82) is 0 Å². The van der Waals surface area contributed by atoms with Gasteiger partial charge in [-0.15, -0.1) is 11.6 Å². The van der Waals surface area contributed by atoms with E-state index in [-0.39, 0.29) is 65.5 Å². The van der Waals surface area contributed by atoms with Gasteiger partial charge in [0.15, 0.2) is 0 Å². The van der Waals surface area contributed by atoms with Gasteiger partial charge in [0.25, 0.3) is 0 Å². The number of phenolic OH excluding ortho intramolecular Hbond substituents is 2. The van der Waals surface area contributed by atoms with Crippen LogP contribution in [0.5, 0.6) is 23.0 Å². The van der Waals surface area contributed by atoms with E-state index in [4.69, 9.17) is 35.3 Å². The van der Waals surface area contributed by atoms with Crippen LogP contribution < -0.4 is 39.0 Å². The van der Waals surface area contributed by atoms with Crippen LogP contribution >= 0.6 is 11.6 Å². The van der Waals surface area contributed by atoms with E-state index in [1.54, 1.807) is 24.3 Å². The van der Waals surface area contributed by atoms with Crippen molar-refractivity contribution in [1.82, 2.24) is 0 Å². The zero-order chi connectivity index (χ0) is 33.4. The monoisotopic (exact) mass is 684 g/mol. The first kappa shape index (κ1) is 38.1. The van der Waals surface area contributed by atoms with Crippen LogP contribution in [0.15, 0.2) is 97.1 Å². The second-order valence-corrected chi connectivity index (χ2v) is 13.3. The molecule has 9 heteroatoms. The summed E-state index contributed by atoms with van der Waals surface area (Å²) in [6, 6.07) is 31.1. The second-order valence-electron chi connectivity index (χ2n) is 13.0. The average molecular weight is 685 g/mol. The van der Waals surface area contributed by atoms with Crippen LogP contribution in [0.25, 0.3) is 0 Å². The third-order valence-corrected chi connectivity index (χ3v) is 8.93. The maximum atomic E-state index is 9.30. The number of alkyl halides is 1. The molecule has 0 aliphatic carbocycles. The number of hydrogen-bond acceptors (Lipinski definition) is 7. The Kier molecular flexibility index (Phi) is 13.7. The first-order valence-electron chi connectivity index (χ1n) is 16.0. The van der Waals surface area contributed by atoms with Crippen molar-refractivity contribution >= 4 is 11.6 Å². The Bertz CT molecular complexity index is 1430. The van der Waals surface area contributed by atoms with Gasteiger partial charge in [-0.1, -0.05) is 76.2 Å². The van der Waals surface area contributed by atoms with Crippen LogP contribution in [0.2, 0.25) is 0 Å². The predicted molar refractivity (Wildman–Crippen MR) is 185 cm³/mol. The fourth-order valence-corrected chi connectivity index (χ4v) is 5.07. The van der Waals surface area contributed by atoms with E-state index in [2.05, 4.69) is 52.0 Å². The summed E-state index contributed by atoms with van der Waals surface area (Å²) in [5.74, 6) is 2.99. The summed E-state index contributed by atoms with van der Waals surface area (Å²) in [5.41, 5.74) is 4.52. The van der Waals surface area contributed by atoms with Crippen molar-refractivity contribution in [3.05, 3.63) is 119 Å². The molecule has 3 aliphatic heterocycles. The largest absolute Gasteiger partial charge is 1.00 e. The summed E-state index contributed by atoms with van der Waals surface area (Å²) < 4.78 is 26.5. The first-order chi connectivity index (χ1) is 22.5. The molecule has 48 heavy (non-hydrogen) atoms. The Morgan fingerprint density at radius 1 is 0.562 bits per heavy atom. The van der Waals surface area contributed by atoms with Crippen LogP contribution in [0, 0.1) is 0 Å². The minimum absolute atomic E-state index is 0. The third-order valence-electron chi connectivity index (χ3n) is 8.58. The molecule has 4 aromatic rings. The molecule has 3 heterocycles. The van der Waals surface area contributed by atoms with Crippen molar-refractivity contribution in [3.63, 3.8) is 0 Å². The summed E-state index contributed by atoms with van der Waals surface area (Å²) >= 11 is 5.27. The van der Waals surface area contributed by atoms with Crippen LogP contribution in [0.1, 0.15) is 51.4 Å². The Morgan fingerprint density at radius 3 is 1.06 bits per heavy atom. The van der Waals surface area contributed by atoms with Crippen molar-refractivity contribution < 1.29 is 64.9 Å². The van der Waals surface area contributed by atoms with E-state index in [0.717, 1.165) is 42.4 Å². The molecule has 3 unspecified atom stereocenters. The van der Waals surface area contributed by atoms with Gasteiger partial charge in [-0.05, 0) is 70.8 Å². The molecule has 0 amide bonds. The number of halogens is 1. The van der Waals surface area contributed by atoms with Crippen molar-refractivity contribution in [2.24, 2.45) is 0 Å². The summed E-state index contributed by atoms with van der Waals surface area (Å²) in [6.07, 6.45) is 0.961. The van der Waals surface area contributed by atoms with E-state index in [1.165, 1.54) is 11.1 Å². The van der Waals surface area contributed by atoms with Gasteiger partial charge in [0.2, 0.25) is 0 Å². The van der Waals surface area contributed by atoms with E-state index < -0.39 is 0 Å². The van der Waals surface area contributed by atoms with Crippen LogP contribution in [0.3, 0.4) is 0 Å². The first-order valence-corrected chi connectivity index (χ1v) is 16.5. The molecule has 0 saturated carbocycles. The zero-order valence-electron chi connectivity index (χ0n) is 29.5. The van der Waals surface area contributed by atoms with Crippen molar-refractivity contribution in [2.75, 3.05) is 38.9 Å².